The number of oxazole rings is 1. The summed E-state index contributed by atoms with van der Waals surface area (Å²) in [4.78, 5) is 5.41. The van der Waals surface area contributed by atoms with Crippen LogP contribution in [-0.4, -0.2) is 17.2 Å². The molecule has 3 aromatic carbocycles. The Morgan fingerprint density at radius 2 is 1.86 bits per heavy atom. The van der Waals surface area contributed by atoms with Gasteiger partial charge in [-0.25, -0.2) is 0 Å². The summed E-state index contributed by atoms with van der Waals surface area (Å²) in [7, 11) is 1.54. The van der Waals surface area contributed by atoms with Crippen molar-refractivity contribution in [2.75, 3.05) is 17.1 Å². The van der Waals surface area contributed by atoms with Gasteiger partial charge in [0.25, 0.3) is 0 Å². The van der Waals surface area contributed by atoms with Crippen molar-refractivity contribution in [3.63, 3.8) is 0 Å². The normalized spacial score (nSPS) is 10.8. The Hall–Kier alpha value is -3.32. The summed E-state index contributed by atoms with van der Waals surface area (Å²) in [5.74, 6) is 0.628. The lowest BCUT2D eigenvalue weighted by atomic mass is 10.2. The summed E-state index contributed by atoms with van der Waals surface area (Å²) in [6.07, 6.45) is 0. The molecular weight excluding hydrogens is 374 g/mol. The minimum atomic E-state index is 0.159. The van der Waals surface area contributed by atoms with E-state index in [1.165, 1.54) is 19.1 Å². The van der Waals surface area contributed by atoms with Crippen LogP contribution in [0.5, 0.6) is 11.5 Å². The topological polar surface area (TPSA) is 79.5 Å². The van der Waals surface area contributed by atoms with Crippen LogP contribution >= 0.6 is 11.9 Å². The van der Waals surface area contributed by atoms with E-state index in [1.54, 1.807) is 6.07 Å². The third kappa shape index (κ3) is 3.99. The molecule has 4 rings (SSSR count). The highest BCUT2D eigenvalue weighted by Gasteiger charge is 2.07. The molecule has 0 radical (unpaired) electrons. The Bertz CT molecular complexity index is 1050. The van der Waals surface area contributed by atoms with Gasteiger partial charge in [0.05, 0.1) is 7.11 Å². The van der Waals surface area contributed by atoms with Crippen LogP contribution in [0.15, 0.2) is 76.0 Å². The fraction of sp³-hybridized carbons (Fsp3) is 0.0952. The average molecular weight is 393 g/mol. The first-order valence-electron chi connectivity index (χ1n) is 8.70. The first-order chi connectivity index (χ1) is 13.7. The number of ether oxygens (including phenoxy) is 1. The van der Waals surface area contributed by atoms with E-state index in [0.29, 0.717) is 18.3 Å². The number of aromatic hydroxyl groups is 1. The number of nitrogens with one attached hydrogen (secondary N) is 2. The van der Waals surface area contributed by atoms with Gasteiger partial charge in [-0.15, -0.1) is 0 Å². The number of benzene rings is 3. The minimum Gasteiger partial charge on any atom is -0.504 e. The van der Waals surface area contributed by atoms with E-state index in [-0.39, 0.29) is 5.75 Å². The number of rotatable bonds is 7. The van der Waals surface area contributed by atoms with Gasteiger partial charge in [0.2, 0.25) is 0 Å². The molecule has 0 saturated heterocycles. The van der Waals surface area contributed by atoms with Crippen molar-refractivity contribution in [3.05, 3.63) is 72.3 Å². The number of anilines is 2. The van der Waals surface area contributed by atoms with Crippen LogP contribution in [0.2, 0.25) is 0 Å². The molecule has 0 atom stereocenters. The highest BCUT2D eigenvalue weighted by atomic mass is 32.2. The summed E-state index contributed by atoms with van der Waals surface area (Å²) < 4.78 is 13.9. The van der Waals surface area contributed by atoms with Gasteiger partial charge in [-0.3, -0.25) is 4.72 Å². The average Bonchev–Trinajstić information content (AvgIpc) is 3.15. The zero-order chi connectivity index (χ0) is 19.3. The standard InChI is InChI=1S/C21H19N3O3S/c1-26-19-8-4-5-14(20(19)25)13-22-15-9-11-16(12-10-15)28-24-21-23-17-6-2-3-7-18(17)27-21/h2-12,22,25H,13H2,1H3,(H,23,24). The second-order valence-electron chi connectivity index (χ2n) is 6.04. The number of aromatic nitrogens is 1. The maximum absolute atomic E-state index is 10.2. The Morgan fingerprint density at radius 1 is 1.04 bits per heavy atom. The SMILES string of the molecule is COc1cccc(CNc2ccc(SNc3nc4ccccc4o3)cc2)c1O. The summed E-state index contributed by atoms with van der Waals surface area (Å²) in [5, 5.41) is 13.4. The van der Waals surface area contributed by atoms with Crippen molar-refractivity contribution in [2.24, 2.45) is 0 Å². The van der Waals surface area contributed by atoms with Crippen molar-refractivity contribution in [1.82, 2.24) is 4.98 Å². The molecule has 0 aliphatic rings. The smallest absolute Gasteiger partial charge is 0.306 e. The maximum Gasteiger partial charge on any atom is 0.306 e. The number of hydrogen-bond donors (Lipinski definition) is 3. The third-order valence-corrected chi connectivity index (χ3v) is 4.97. The Balaban J connectivity index is 1.35. The molecule has 0 fully saturated rings. The number of hydrogen-bond acceptors (Lipinski definition) is 7. The van der Waals surface area contributed by atoms with Crippen LogP contribution < -0.4 is 14.8 Å². The lowest BCUT2D eigenvalue weighted by molar-refractivity contribution is 0.371. The van der Waals surface area contributed by atoms with Crippen molar-refractivity contribution in [2.45, 2.75) is 11.4 Å². The number of phenolic OH excluding ortho intramolecular Hbond substituents is 1. The van der Waals surface area contributed by atoms with Gasteiger partial charge in [-0.2, -0.15) is 4.98 Å². The molecule has 7 heteroatoms. The summed E-state index contributed by atoms with van der Waals surface area (Å²) in [5.41, 5.74) is 3.31. The van der Waals surface area contributed by atoms with E-state index in [0.717, 1.165) is 27.2 Å². The molecule has 0 aliphatic carbocycles. The Labute approximate surface area is 166 Å². The Morgan fingerprint density at radius 3 is 2.64 bits per heavy atom. The van der Waals surface area contributed by atoms with Crippen molar-refractivity contribution >= 4 is 34.7 Å². The summed E-state index contributed by atoms with van der Waals surface area (Å²) >= 11 is 1.43. The van der Waals surface area contributed by atoms with E-state index in [1.807, 2.05) is 60.7 Å². The molecule has 0 saturated carbocycles. The van der Waals surface area contributed by atoms with Gasteiger partial charge in [0.15, 0.2) is 17.1 Å². The Kier molecular flexibility index (Phi) is 5.25. The van der Waals surface area contributed by atoms with Gasteiger partial charge < -0.3 is 19.6 Å². The fourth-order valence-corrected chi connectivity index (χ4v) is 3.30. The van der Waals surface area contributed by atoms with Gasteiger partial charge in [-0.1, -0.05) is 24.3 Å². The zero-order valence-corrected chi connectivity index (χ0v) is 16.0. The van der Waals surface area contributed by atoms with Gasteiger partial charge in [0.1, 0.15) is 5.52 Å². The highest BCUT2D eigenvalue weighted by Crippen LogP contribution is 2.30. The molecule has 1 heterocycles. The quantitative estimate of drug-likeness (QED) is 0.369. The predicted molar refractivity (Wildman–Crippen MR) is 112 cm³/mol. The van der Waals surface area contributed by atoms with Gasteiger partial charge in [-0.05, 0) is 54.4 Å². The number of para-hydroxylation sites is 3. The monoisotopic (exact) mass is 393 g/mol. The minimum absolute atomic E-state index is 0.159. The van der Waals surface area contributed by atoms with Crippen molar-refractivity contribution < 1.29 is 14.3 Å². The van der Waals surface area contributed by atoms with Crippen LogP contribution in [-0.2, 0) is 6.54 Å². The third-order valence-electron chi connectivity index (χ3n) is 4.19. The van der Waals surface area contributed by atoms with Crippen molar-refractivity contribution in [3.8, 4) is 11.5 Å². The van der Waals surface area contributed by atoms with E-state index in [4.69, 9.17) is 9.15 Å². The van der Waals surface area contributed by atoms with E-state index in [9.17, 15) is 5.11 Å². The fourth-order valence-electron chi connectivity index (χ4n) is 2.73. The van der Waals surface area contributed by atoms with E-state index in [2.05, 4.69) is 15.0 Å². The predicted octanol–water partition coefficient (Wildman–Crippen LogP) is 5.27. The highest BCUT2D eigenvalue weighted by molar-refractivity contribution is 8.00. The summed E-state index contributed by atoms with van der Waals surface area (Å²) in [6, 6.07) is 21.5. The number of phenols is 1. The van der Waals surface area contributed by atoms with Crippen LogP contribution in [0.4, 0.5) is 11.7 Å². The molecule has 0 unspecified atom stereocenters. The molecular formula is C21H19N3O3S. The largest absolute Gasteiger partial charge is 0.504 e. The first-order valence-corrected chi connectivity index (χ1v) is 9.52. The van der Waals surface area contributed by atoms with Gasteiger partial charge >= 0.3 is 6.01 Å². The number of nitrogens with zero attached hydrogens (tertiary/aromatic N) is 1. The molecule has 3 N–H and O–H groups in total. The molecule has 0 bridgehead atoms. The number of fused-ring (bicyclic) bond motifs is 1. The van der Waals surface area contributed by atoms with E-state index < -0.39 is 0 Å². The zero-order valence-electron chi connectivity index (χ0n) is 15.2. The van der Waals surface area contributed by atoms with Gasteiger partial charge in [0, 0.05) is 22.7 Å². The van der Waals surface area contributed by atoms with Crippen molar-refractivity contribution in [1.29, 1.82) is 0 Å². The molecule has 0 aliphatic heterocycles. The molecule has 6 nitrogen and oxygen atoms in total. The van der Waals surface area contributed by atoms with Crippen LogP contribution in [0.1, 0.15) is 5.56 Å². The van der Waals surface area contributed by atoms with Crippen LogP contribution in [0, 0.1) is 0 Å². The van der Waals surface area contributed by atoms with Crippen LogP contribution in [0.3, 0.4) is 0 Å². The number of methoxy groups -OCH3 is 1. The molecule has 28 heavy (non-hydrogen) atoms. The molecule has 4 aromatic rings. The first kappa shape index (κ1) is 18.1. The molecule has 0 spiro atoms. The van der Waals surface area contributed by atoms with Crippen LogP contribution in [0.25, 0.3) is 11.1 Å². The van der Waals surface area contributed by atoms with E-state index >= 15 is 0 Å². The molecule has 1 aromatic heterocycles. The summed E-state index contributed by atoms with van der Waals surface area (Å²) in [6.45, 7) is 0.497. The molecule has 142 valence electrons. The molecule has 0 amide bonds. The second kappa shape index (κ2) is 8.14. The maximum atomic E-state index is 10.2. The lowest BCUT2D eigenvalue weighted by Gasteiger charge is -2.11. The second-order valence-corrected chi connectivity index (χ2v) is 6.92. The lowest BCUT2D eigenvalue weighted by Crippen LogP contribution is -2.00.